The molecular weight excluding hydrogens is 322 g/mol. The summed E-state index contributed by atoms with van der Waals surface area (Å²) in [5, 5.41) is 9.09. The number of pyridine rings is 1. The Kier molecular flexibility index (Phi) is 4.90. The molecule has 0 unspecified atom stereocenters. The molecule has 0 aliphatic heterocycles. The number of nitrogens with one attached hydrogen (secondary N) is 1. The van der Waals surface area contributed by atoms with Crippen molar-refractivity contribution in [1.82, 2.24) is 25.0 Å². The maximum atomic E-state index is 12.2. The van der Waals surface area contributed by atoms with Crippen LogP contribution in [0.3, 0.4) is 0 Å². The highest BCUT2D eigenvalue weighted by Crippen LogP contribution is 2.17. The van der Waals surface area contributed by atoms with Crippen LogP contribution in [0.5, 0.6) is 0 Å². The van der Waals surface area contributed by atoms with Crippen LogP contribution in [-0.2, 0) is 13.1 Å². The van der Waals surface area contributed by atoms with E-state index in [2.05, 4.69) is 28.4 Å². The first-order valence-electron chi connectivity index (χ1n) is 7.60. The van der Waals surface area contributed by atoms with Gasteiger partial charge in [0.05, 0.1) is 6.54 Å². The second-order valence-electron chi connectivity index (χ2n) is 5.52. The summed E-state index contributed by atoms with van der Waals surface area (Å²) in [6.07, 6.45) is 5.30. The highest BCUT2D eigenvalue weighted by Gasteiger charge is 2.11. The maximum Gasteiger partial charge on any atom is 0.317 e. The zero-order valence-corrected chi connectivity index (χ0v) is 14.5. The Labute approximate surface area is 144 Å². The van der Waals surface area contributed by atoms with E-state index in [0.29, 0.717) is 13.1 Å². The standard InChI is InChI=1S/C17H19N5OS/c1-13-6-9-24-15(13)12-21(2)17(23)19-11-14-4-5-16(18-10-14)22-8-3-7-20-22/h3-10H,11-12H2,1-2H3,(H,19,23). The molecule has 6 nitrogen and oxygen atoms in total. The molecule has 2 amide bonds. The van der Waals surface area contributed by atoms with E-state index in [9.17, 15) is 4.79 Å². The molecule has 0 saturated carbocycles. The Balaban J connectivity index is 1.53. The van der Waals surface area contributed by atoms with Crippen LogP contribution in [0.4, 0.5) is 4.79 Å². The van der Waals surface area contributed by atoms with Gasteiger partial charge in [0.1, 0.15) is 0 Å². The van der Waals surface area contributed by atoms with E-state index in [-0.39, 0.29) is 6.03 Å². The van der Waals surface area contributed by atoms with Gasteiger partial charge in [0, 0.05) is 37.1 Å². The number of aryl methyl sites for hydroxylation is 1. The van der Waals surface area contributed by atoms with Gasteiger partial charge in [-0.1, -0.05) is 6.07 Å². The van der Waals surface area contributed by atoms with Crippen LogP contribution in [0.2, 0.25) is 0 Å². The van der Waals surface area contributed by atoms with Crippen LogP contribution >= 0.6 is 11.3 Å². The average molecular weight is 341 g/mol. The van der Waals surface area contributed by atoms with Crippen LogP contribution in [0, 0.1) is 6.92 Å². The molecule has 0 aliphatic rings. The molecule has 1 N–H and O–H groups in total. The molecule has 3 aromatic rings. The molecule has 3 heterocycles. The predicted molar refractivity (Wildman–Crippen MR) is 94.1 cm³/mol. The van der Waals surface area contributed by atoms with E-state index in [1.807, 2.05) is 29.8 Å². The molecular formula is C17H19N5OS. The summed E-state index contributed by atoms with van der Waals surface area (Å²) in [5.41, 5.74) is 2.16. The number of aromatic nitrogens is 3. The van der Waals surface area contributed by atoms with Gasteiger partial charge in [-0.2, -0.15) is 5.10 Å². The fourth-order valence-corrected chi connectivity index (χ4v) is 3.19. The van der Waals surface area contributed by atoms with Crippen molar-refractivity contribution in [2.24, 2.45) is 0 Å². The molecule has 0 bridgehead atoms. The minimum absolute atomic E-state index is 0.0982. The fourth-order valence-electron chi connectivity index (χ4n) is 2.23. The largest absolute Gasteiger partial charge is 0.334 e. The molecule has 0 aromatic carbocycles. The Morgan fingerprint density at radius 3 is 2.88 bits per heavy atom. The van der Waals surface area contributed by atoms with Crippen molar-refractivity contribution in [3.05, 3.63) is 64.2 Å². The summed E-state index contributed by atoms with van der Waals surface area (Å²) in [6, 6.07) is 7.64. The molecule has 124 valence electrons. The number of hydrogen-bond donors (Lipinski definition) is 1. The van der Waals surface area contributed by atoms with Gasteiger partial charge in [-0.3, -0.25) is 0 Å². The summed E-state index contributed by atoms with van der Waals surface area (Å²) < 4.78 is 1.69. The van der Waals surface area contributed by atoms with Crippen LogP contribution in [0.15, 0.2) is 48.2 Å². The van der Waals surface area contributed by atoms with Gasteiger partial charge in [0.25, 0.3) is 0 Å². The lowest BCUT2D eigenvalue weighted by atomic mass is 10.3. The number of urea groups is 1. The zero-order valence-electron chi connectivity index (χ0n) is 13.6. The van der Waals surface area contributed by atoms with E-state index < -0.39 is 0 Å². The van der Waals surface area contributed by atoms with Gasteiger partial charge in [-0.05, 0) is 41.6 Å². The molecule has 3 rings (SSSR count). The second kappa shape index (κ2) is 7.27. The monoisotopic (exact) mass is 341 g/mol. The molecule has 0 radical (unpaired) electrons. The molecule has 0 atom stereocenters. The van der Waals surface area contributed by atoms with Crippen LogP contribution < -0.4 is 5.32 Å². The van der Waals surface area contributed by atoms with Gasteiger partial charge in [0.15, 0.2) is 5.82 Å². The number of thiophene rings is 1. The van der Waals surface area contributed by atoms with Crippen molar-refractivity contribution < 1.29 is 4.79 Å². The Morgan fingerprint density at radius 1 is 1.38 bits per heavy atom. The Morgan fingerprint density at radius 2 is 2.25 bits per heavy atom. The maximum absolute atomic E-state index is 12.2. The highest BCUT2D eigenvalue weighted by molar-refractivity contribution is 7.10. The fraction of sp³-hybridized carbons (Fsp3) is 0.235. The normalized spacial score (nSPS) is 10.6. The smallest absolute Gasteiger partial charge is 0.317 e. The molecule has 0 spiro atoms. The van der Waals surface area contributed by atoms with Crippen LogP contribution in [-0.4, -0.2) is 32.7 Å². The molecule has 0 fully saturated rings. The van der Waals surface area contributed by atoms with Gasteiger partial charge < -0.3 is 10.2 Å². The number of rotatable bonds is 5. The van der Waals surface area contributed by atoms with E-state index in [4.69, 9.17) is 0 Å². The first-order valence-corrected chi connectivity index (χ1v) is 8.48. The third-order valence-electron chi connectivity index (χ3n) is 3.69. The first-order chi connectivity index (χ1) is 11.6. The summed E-state index contributed by atoms with van der Waals surface area (Å²) in [5.74, 6) is 0.750. The van der Waals surface area contributed by atoms with E-state index in [0.717, 1.165) is 11.4 Å². The average Bonchev–Trinajstić information content (AvgIpc) is 3.26. The van der Waals surface area contributed by atoms with Gasteiger partial charge in [0.2, 0.25) is 0 Å². The molecule has 3 aromatic heterocycles. The third-order valence-corrected chi connectivity index (χ3v) is 4.70. The Hall–Kier alpha value is -2.67. The summed E-state index contributed by atoms with van der Waals surface area (Å²) in [6.45, 7) is 3.12. The number of nitrogens with zero attached hydrogens (tertiary/aromatic N) is 4. The number of carbonyl (C=O) groups excluding carboxylic acids is 1. The first kappa shape index (κ1) is 16.2. The lowest BCUT2D eigenvalue weighted by molar-refractivity contribution is 0.207. The van der Waals surface area contributed by atoms with E-state index in [1.54, 1.807) is 40.4 Å². The molecule has 0 aliphatic carbocycles. The van der Waals surface area contributed by atoms with Gasteiger partial charge in [-0.25, -0.2) is 14.5 Å². The summed E-state index contributed by atoms with van der Waals surface area (Å²) in [7, 11) is 1.80. The molecule has 24 heavy (non-hydrogen) atoms. The molecule has 0 saturated heterocycles. The SMILES string of the molecule is Cc1ccsc1CN(C)C(=O)NCc1ccc(-n2cccn2)nc1. The summed E-state index contributed by atoms with van der Waals surface area (Å²) >= 11 is 1.67. The zero-order chi connectivity index (χ0) is 16.9. The lowest BCUT2D eigenvalue weighted by Crippen LogP contribution is -2.36. The van der Waals surface area contributed by atoms with Crippen LogP contribution in [0.25, 0.3) is 5.82 Å². The highest BCUT2D eigenvalue weighted by atomic mass is 32.1. The third kappa shape index (κ3) is 3.80. The number of hydrogen-bond acceptors (Lipinski definition) is 4. The van der Waals surface area contributed by atoms with E-state index in [1.165, 1.54) is 10.4 Å². The predicted octanol–water partition coefficient (Wildman–Crippen LogP) is 2.98. The summed E-state index contributed by atoms with van der Waals surface area (Å²) in [4.78, 5) is 19.4. The lowest BCUT2D eigenvalue weighted by Gasteiger charge is -2.17. The van der Waals surface area contributed by atoms with E-state index >= 15 is 0 Å². The van der Waals surface area contributed by atoms with Crippen LogP contribution in [0.1, 0.15) is 16.0 Å². The Bertz CT molecular complexity index is 795. The minimum atomic E-state index is -0.0982. The van der Waals surface area contributed by atoms with Gasteiger partial charge >= 0.3 is 6.03 Å². The van der Waals surface area contributed by atoms with Gasteiger partial charge in [-0.15, -0.1) is 11.3 Å². The number of carbonyl (C=O) groups is 1. The minimum Gasteiger partial charge on any atom is -0.334 e. The van der Waals surface area contributed by atoms with Crippen molar-refractivity contribution in [1.29, 1.82) is 0 Å². The quantitative estimate of drug-likeness (QED) is 0.776. The second-order valence-corrected chi connectivity index (χ2v) is 6.52. The van der Waals surface area contributed by atoms with Crippen molar-refractivity contribution in [2.45, 2.75) is 20.0 Å². The van der Waals surface area contributed by atoms with Crippen molar-refractivity contribution in [2.75, 3.05) is 7.05 Å². The number of amides is 2. The van der Waals surface area contributed by atoms with Crippen molar-refractivity contribution in [3.8, 4) is 5.82 Å². The van der Waals surface area contributed by atoms with Crippen molar-refractivity contribution in [3.63, 3.8) is 0 Å². The molecule has 7 heteroatoms. The van der Waals surface area contributed by atoms with Crippen molar-refractivity contribution >= 4 is 17.4 Å². The topological polar surface area (TPSA) is 63.1 Å².